The van der Waals surface area contributed by atoms with Crippen LogP contribution in [0.25, 0.3) is 0 Å². The number of halogens is 1. The Balaban J connectivity index is 2.20. The molecule has 7 heteroatoms. The molecule has 0 spiro atoms. The van der Waals surface area contributed by atoms with Gasteiger partial charge >= 0.3 is 5.97 Å². The summed E-state index contributed by atoms with van der Waals surface area (Å²) < 4.78 is 19.1. The number of carbonyl (C=O) groups excluding carboxylic acids is 1. The SMILES string of the molecule is CCOC(=O)c1nnnn1Cc1cccc(F)c1. The molecule has 0 radical (unpaired) electrons. The molecule has 6 nitrogen and oxygen atoms in total. The summed E-state index contributed by atoms with van der Waals surface area (Å²) >= 11 is 0. The van der Waals surface area contributed by atoms with Crippen LogP contribution in [0.5, 0.6) is 0 Å². The van der Waals surface area contributed by atoms with Crippen molar-refractivity contribution in [1.82, 2.24) is 20.2 Å². The van der Waals surface area contributed by atoms with Crippen LogP contribution in [-0.2, 0) is 11.3 Å². The quantitative estimate of drug-likeness (QED) is 0.758. The van der Waals surface area contributed by atoms with Gasteiger partial charge in [0.1, 0.15) is 5.82 Å². The summed E-state index contributed by atoms with van der Waals surface area (Å²) in [6.45, 7) is 2.14. The van der Waals surface area contributed by atoms with E-state index in [1.807, 2.05) is 0 Å². The van der Waals surface area contributed by atoms with Crippen LogP contribution in [-0.4, -0.2) is 32.8 Å². The third kappa shape index (κ3) is 2.68. The van der Waals surface area contributed by atoms with Crippen molar-refractivity contribution in [2.75, 3.05) is 6.61 Å². The minimum absolute atomic E-state index is 0.00103. The van der Waals surface area contributed by atoms with Gasteiger partial charge in [0, 0.05) is 0 Å². The molecule has 0 aliphatic carbocycles. The van der Waals surface area contributed by atoms with Crippen molar-refractivity contribution < 1.29 is 13.9 Å². The highest BCUT2D eigenvalue weighted by molar-refractivity contribution is 5.85. The molecule has 0 atom stereocenters. The van der Waals surface area contributed by atoms with Crippen molar-refractivity contribution in [3.05, 3.63) is 41.5 Å². The normalized spacial score (nSPS) is 10.3. The Kier molecular flexibility index (Phi) is 3.61. The maximum absolute atomic E-state index is 13.0. The fourth-order valence-electron chi connectivity index (χ4n) is 1.46. The Morgan fingerprint density at radius 3 is 3.06 bits per heavy atom. The van der Waals surface area contributed by atoms with Crippen molar-refractivity contribution in [2.45, 2.75) is 13.5 Å². The number of aromatic nitrogens is 4. The van der Waals surface area contributed by atoms with Crippen LogP contribution in [0.15, 0.2) is 24.3 Å². The van der Waals surface area contributed by atoms with Crippen LogP contribution >= 0.6 is 0 Å². The van der Waals surface area contributed by atoms with E-state index < -0.39 is 5.97 Å². The van der Waals surface area contributed by atoms with Crippen LogP contribution in [0.4, 0.5) is 4.39 Å². The lowest BCUT2D eigenvalue weighted by atomic mass is 10.2. The number of tetrazole rings is 1. The Morgan fingerprint density at radius 1 is 1.50 bits per heavy atom. The molecule has 0 saturated heterocycles. The minimum Gasteiger partial charge on any atom is -0.460 e. The first-order valence-electron chi connectivity index (χ1n) is 5.38. The number of carbonyl (C=O) groups is 1. The van der Waals surface area contributed by atoms with Gasteiger partial charge in [-0.3, -0.25) is 0 Å². The van der Waals surface area contributed by atoms with Gasteiger partial charge in [-0.25, -0.2) is 13.9 Å². The van der Waals surface area contributed by atoms with Crippen LogP contribution in [0.1, 0.15) is 23.1 Å². The van der Waals surface area contributed by atoms with E-state index in [1.165, 1.54) is 16.8 Å². The molecule has 0 N–H and O–H groups in total. The first-order chi connectivity index (χ1) is 8.70. The van der Waals surface area contributed by atoms with E-state index in [4.69, 9.17) is 4.74 Å². The van der Waals surface area contributed by atoms with Gasteiger partial charge in [-0.1, -0.05) is 12.1 Å². The average molecular weight is 250 g/mol. The standard InChI is InChI=1S/C11H11FN4O2/c1-2-18-11(17)10-13-14-15-16(10)7-8-4-3-5-9(12)6-8/h3-6H,2,7H2,1H3. The minimum atomic E-state index is -0.598. The maximum atomic E-state index is 13.0. The summed E-state index contributed by atoms with van der Waals surface area (Å²) in [6, 6.07) is 6.00. The molecule has 0 aliphatic rings. The predicted molar refractivity (Wildman–Crippen MR) is 59.3 cm³/mol. The summed E-state index contributed by atoms with van der Waals surface area (Å²) in [5.74, 6) is -0.946. The molecule has 0 saturated carbocycles. The molecule has 0 bridgehead atoms. The predicted octanol–water partition coefficient (Wildman–Crippen LogP) is 1.04. The molecule has 2 aromatic rings. The molecular weight excluding hydrogens is 239 g/mol. The van der Waals surface area contributed by atoms with Crippen LogP contribution < -0.4 is 0 Å². The lowest BCUT2D eigenvalue weighted by molar-refractivity contribution is 0.0505. The van der Waals surface area contributed by atoms with E-state index in [0.29, 0.717) is 5.56 Å². The Bertz CT molecular complexity index is 555. The molecule has 18 heavy (non-hydrogen) atoms. The highest BCUT2D eigenvalue weighted by atomic mass is 19.1. The number of hydrogen-bond acceptors (Lipinski definition) is 5. The van der Waals surface area contributed by atoms with Gasteiger partial charge in [0.2, 0.25) is 0 Å². The van der Waals surface area contributed by atoms with E-state index >= 15 is 0 Å². The molecule has 0 fully saturated rings. The summed E-state index contributed by atoms with van der Waals surface area (Å²) in [5.41, 5.74) is 0.660. The molecule has 1 heterocycles. The van der Waals surface area contributed by atoms with Gasteiger partial charge < -0.3 is 4.74 Å². The van der Waals surface area contributed by atoms with E-state index in [2.05, 4.69) is 15.5 Å². The lowest BCUT2D eigenvalue weighted by Crippen LogP contribution is -2.15. The van der Waals surface area contributed by atoms with Gasteiger partial charge in [0.15, 0.2) is 0 Å². The molecule has 1 aromatic carbocycles. The monoisotopic (exact) mass is 250 g/mol. The molecule has 1 aromatic heterocycles. The van der Waals surface area contributed by atoms with Crippen molar-refractivity contribution in [2.24, 2.45) is 0 Å². The fourth-order valence-corrected chi connectivity index (χ4v) is 1.46. The third-order valence-corrected chi connectivity index (χ3v) is 2.21. The van der Waals surface area contributed by atoms with Crippen molar-refractivity contribution in [1.29, 1.82) is 0 Å². The zero-order valence-electron chi connectivity index (χ0n) is 9.71. The highest BCUT2D eigenvalue weighted by Crippen LogP contribution is 2.06. The second-order valence-electron chi connectivity index (χ2n) is 3.51. The second kappa shape index (κ2) is 5.35. The van der Waals surface area contributed by atoms with Crippen LogP contribution in [0.3, 0.4) is 0 Å². The van der Waals surface area contributed by atoms with Gasteiger partial charge in [-0.05, 0) is 35.0 Å². The molecule has 0 unspecified atom stereocenters. The number of esters is 1. The molecule has 94 valence electrons. The van der Waals surface area contributed by atoms with Crippen LogP contribution in [0, 0.1) is 5.82 Å². The van der Waals surface area contributed by atoms with Gasteiger partial charge in [0.05, 0.1) is 13.2 Å². The molecule has 0 amide bonds. The zero-order chi connectivity index (χ0) is 13.0. The topological polar surface area (TPSA) is 69.9 Å². The number of rotatable bonds is 4. The highest BCUT2D eigenvalue weighted by Gasteiger charge is 2.16. The summed E-state index contributed by atoms with van der Waals surface area (Å²) in [4.78, 5) is 11.5. The van der Waals surface area contributed by atoms with E-state index in [-0.39, 0.29) is 24.8 Å². The van der Waals surface area contributed by atoms with Crippen molar-refractivity contribution in [3.8, 4) is 0 Å². The molecular formula is C11H11FN4O2. The summed E-state index contributed by atoms with van der Waals surface area (Å²) in [6.07, 6.45) is 0. The summed E-state index contributed by atoms with van der Waals surface area (Å²) in [7, 11) is 0. The average Bonchev–Trinajstić information content (AvgIpc) is 2.77. The number of ether oxygens (including phenoxy) is 1. The molecule has 0 aliphatic heterocycles. The van der Waals surface area contributed by atoms with Gasteiger partial charge in [-0.2, -0.15) is 0 Å². The summed E-state index contributed by atoms with van der Waals surface area (Å²) in [5, 5.41) is 10.7. The third-order valence-electron chi connectivity index (χ3n) is 2.21. The first kappa shape index (κ1) is 12.2. The molecule has 2 rings (SSSR count). The van der Waals surface area contributed by atoms with Gasteiger partial charge in [0.25, 0.3) is 5.82 Å². The lowest BCUT2D eigenvalue weighted by Gasteiger charge is -2.04. The van der Waals surface area contributed by atoms with E-state index in [9.17, 15) is 9.18 Å². The Labute approximate surface area is 102 Å². The Hall–Kier alpha value is -2.31. The number of benzene rings is 1. The van der Waals surface area contributed by atoms with E-state index in [0.717, 1.165) is 0 Å². The smallest absolute Gasteiger partial charge is 0.378 e. The largest absolute Gasteiger partial charge is 0.460 e. The number of nitrogens with zero attached hydrogens (tertiary/aromatic N) is 4. The van der Waals surface area contributed by atoms with Crippen LogP contribution in [0.2, 0.25) is 0 Å². The second-order valence-corrected chi connectivity index (χ2v) is 3.51. The fraction of sp³-hybridized carbons (Fsp3) is 0.273. The number of hydrogen-bond donors (Lipinski definition) is 0. The van der Waals surface area contributed by atoms with E-state index in [1.54, 1.807) is 19.1 Å². The van der Waals surface area contributed by atoms with Crippen molar-refractivity contribution in [3.63, 3.8) is 0 Å². The Morgan fingerprint density at radius 2 is 2.33 bits per heavy atom. The first-order valence-corrected chi connectivity index (χ1v) is 5.38. The van der Waals surface area contributed by atoms with Gasteiger partial charge in [-0.15, -0.1) is 5.10 Å². The zero-order valence-corrected chi connectivity index (χ0v) is 9.71. The maximum Gasteiger partial charge on any atom is 0.378 e. The van der Waals surface area contributed by atoms with Crippen molar-refractivity contribution >= 4 is 5.97 Å².